The van der Waals surface area contributed by atoms with Gasteiger partial charge >= 0.3 is 0 Å². The Morgan fingerprint density at radius 2 is 1.96 bits per heavy atom. The summed E-state index contributed by atoms with van der Waals surface area (Å²) in [6.07, 6.45) is 2.89. The van der Waals surface area contributed by atoms with E-state index >= 15 is 0 Å². The minimum absolute atomic E-state index is 0.219. The number of halogens is 2. The fourth-order valence-corrected chi connectivity index (χ4v) is 3.97. The summed E-state index contributed by atoms with van der Waals surface area (Å²) in [7, 11) is 0. The Morgan fingerprint density at radius 3 is 2.68 bits per heavy atom. The van der Waals surface area contributed by atoms with Crippen molar-refractivity contribution < 1.29 is 9.18 Å². The van der Waals surface area contributed by atoms with E-state index in [4.69, 9.17) is 11.6 Å². The number of fused-ring (bicyclic) bond motifs is 1. The van der Waals surface area contributed by atoms with Crippen molar-refractivity contribution >= 4 is 28.4 Å². The lowest BCUT2D eigenvalue weighted by atomic mass is 9.84. The van der Waals surface area contributed by atoms with Gasteiger partial charge in [-0.2, -0.15) is 0 Å². The van der Waals surface area contributed by atoms with Gasteiger partial charge in [0, 0.05) is 22.1 Å². The molecule has 0 saturated heterocycles. The van der Waals surface area contributed by atoms with E-state index < -0.39 is 11.4 Å². The lowest BCUT2D eigenvalue weighted by Crippen LogP contribution is -2.48. The molecule has 5 heteroatoms. The van der Waals surface area contributed by atoms with Crippen LogP contribution in [0.1, 0.15) is 43.1 Å². The first-order valence-corrected chi connectivity index (χ1v) is 9.75. The van der Waals surface area contributed by atoms with E-state index in [2.05, 4.69) is 24.1 Å². The normalized spacial score (nSPS) is 13.5. The summed E-state index contributed by atoms with van der Waals surface area (Å²) in [5.74, 6) is -0.216. The molecule has 2 aromatic carbocycles. The average molecular weight is 399 g/mol. The molecule has 1 heterocycles. The van der Waals surface area contributed by atoms with Crippen LogP contribution in [0, 0.1) is 11.7 Å². The van der Waals surface area contributed by atoms with E-state index in [9.17, 15) is 9.18 Å². The molecular weight excluding hydrogens is 375 g/mol. The molecule has 28 heavy (non-hydrogen) atoms. The van der Waals surface area contributed by atoms with Crippen molar-refractivity contribution in [1.29, 1.82) is 0 Å². The van der Waals surface area contributed by atoms with E-state index in [0.717, 1.165) is 12.0 Å². The van der Waals surface area contributed by atoms with Crippen LogP contribution in [0.4, 0.5) is 4.39 Å². The molecule has 3 nitrogen and oxygen atoms in total. The molecule has 0 fully saturated rings. The molecule has 146 valence electrons. The van der Waals surface area contributed by atoms with Crippen LogP contribution in [0.5, 0.6) is 0 Å². The van der Waals surface area contributed by atoms with Gasteiger partial charge in [0.05, 0.1) is 5.56 Å². The highest BCUT2D eigenvalue weighted by atomic mass is 35.5. The number of benzene rings is 2. The van der Waals surface area contributed by atoms with Crippen LogP contribution >= 0.6 is 11.6 Å². The average Bonchev–Trinajstić information content (AvgIpc) is 2.60. The largest absolute Gasteiger partial charge is 0.346 e. The number of carbonyl (C=O) groups is 1. The Kier molecular flexibility index (Phi) is 5.99. The molecule has 0 saturated carbocycles. The summed E-state index contributed by atoms with van der Waals surface area (Å²) >= 11 is 6.12. The van der Waals surface area contributed by atoms with E-state index in [-0.39, 0.29) is 11.4 Å². The first kappa shape index (κ1) is 20.3. The van der Waals surface area contributed by atoms with Crippen molar-refractivity contribution in [2.45, 2.75) is 39.2 Å². The minimum atomic E-state index is -0.452. The Balaban J connectivity index is 1.86. The minimum Gasteiger partial charge on any atom is -0.346 e. The molecule has 0 aliphatic heterocycles. The van der Waals surface area contributed by atoms with Gasteiger partial charge in [-0.25, -0.2) is 4.39 Å². The SMILES string of the molecule is CC(C)CC(C)(Cc1cccc(Cl)c1)NC(=O)c1cnc2c(F)cccc2c1. The number of nitrogens with one attached hydrogen (secondary N) is 1. The van der Waals surface area contributed by atoms with Gasteiger partial charge in [-0.1, -0.05) is 49.7 Å². The fourth-order valence-electron chi connectivity index (χ4n) is 3.76. The van der Waals surface area contributed by atoms with E-state index in [1.807, 2.05) is 31.2 Å². The summed E-state index contributed by atoms with van der Waals surface area (Å²) in [6, 6.07) is 14.1. The van der Waals surface area contributed by atoms with Gasteiger partial charge in [0.1, 0.15) is 11.3 Å². The summed E-state index contributed by atoms with van der Waals surface area (Å²) in [4.78, 5) is 17.1. The number of carbonyl (C=O) groups excluding carboxylic acids is 1. The molecule has 3 aromatic rings. The zero-order valence-electron chi connectivity index (χ0n) is 16.3. The monoisotopic (exact) mass is 398 g/mol. The van der Waals surface area contributed by atoms with Gasteiger partial charge in [0.15, 0.2) is 0 Å². The summed E-state index contributed by atoms with van der Waals surface area (Å²) in [5, 5.41) is 4.45. The molecule has 1 atom stereocenters. The molecule has 1 unspecified atom stereocenters. The Labute approximate surface area is 169 Å². The smallest absolute Gasteiger partial charge is 0.253 e. The highest BCUT2D eigenvalue weighted by Crippen LogP contribution is 2.24. The van der Waals surface area contributed by atoms with Gasteiger partial charge < -0.3 is 5.32 Å². The number of rotatable bonds is 6. The van der Waals surface area contributed by atoms with Crippen LogP contribution in [-0.2, 0) is 6.42 Å². The summed E-state index contributed by atoms with van der Waals surface area (Å²) in [6.45, 7) is 6.30. The Morgan fingerprint density at radius 1 is 1.21 bits per heavy atom. The third-order valence-electron chi connectivity index (χ3n) is 4.68. The molecule has 0 radical (unpaired) electrons. The highest BCUT2D eigenvalue weighted by molar-refractivity contribution is 6.30. The quantitative estimate of drug-likeness (QED) is 0.569. The number of hydrogen-bond acceptors (Lipinski definition) is 2. The molecule has 0 bridgehead atoms. The van der Waals surface area contributed by atoms with E-state index in [1.54, 1.807) is 18.2 Å². The lowest BCUT2D eigenvalue weighted by molar-refractivity contribution is 0.0894. The molecule has 0 spiro atoms. The topological polar surface area (TPSA) is 42.0 Å². The van der Waals surface area contributed by atoms with Gasteiger partial charge in [-0.3, -0.25) is 9.78 Å². The second kappa shape index (κ2) is 8.27. The maximum Gasteiger partial charge on any atom is 0.253 e. The maximum atomic E-state index is 13.8. The van der Waals surface area contributed by atoms with Crippen molar-refractivity contribution in [3.63, 3.8) is 0 Å². The van der Waals surface area contributed by atoms with Gasteiger partial charge in [0.25, 0.3) is 5.91 Å². The van der Waals surface area contributed by atoms with Gasteiger partial charge in [-0.05, 0) is 55.5 Å². The molecule has 3 rings (SSSR count). The van der Waals surface area contributed by atoms with Crippen LogP contribution < -0.4 is 5.32 Å². The predicted octanol–water partition coefficient (Wildman–Crippen LogP) is 5.80. The zero-order chi connectivity index (χ0) is 20.3. The molecule has 1 amide bonds. The summed E-state index contributed by atoms with van der Waals surface area (Å²) in [5.41, 5.74) is 1.30. The van der Waals surface area contributed by atoms with Crippen molar-refractivity contribution in [1.82, 2.24) is 10.3 Å². The highest BCUT2D eigenvalue weighted by Gasteiger charge is 2.28. The number of nitrogens with zero attached hydrogens (tertiary/aromatic N) is 1. The van der Waals surface area contributed by atoms with Crippen molar-refractivity contribution in [2.24, 2.45) is 5.92 Å². The molecular formula is C23H24ClFN2O. The molecule has 1 aromatic heterocycles. The standard InChI is InChI=1S/C23H24ClFN2O/c1-15(2)12-23(3,13-16-6-4-8-19(24)10-16)27-22(28)18-11-17-7-5-9-20(25)21(17)26-14-18/h4-11,14-15H,12-13H2,1-3H3,(H,27,28). The van der Waals surface area contributed by atoms with E-state index in [1.165, 1.54) is 12.3 Å². The van der Waals surface area contributed by atoms with Crippen molar-refractivity contribution in [3.05, 3.63) is 76.7 Å². The van der Waals surface area contributed by atoms with Gasteiger partial charge in [-0.15, -0.1) is 0 Å². The first-order valence-electron chi connectivity index (χ1n) is 9.37. The van der Waals surface area contributed by atoms with Crippen molar-refractivity contribution in [3.8, 4) is 0 Å². The Bertz CT molecular complexity index is 1000. The number of amides is 1. The predicted molar refractivity (Wildman–Crippen MR) is 112 cm³/mol. The Hall–Kier alpha value is -2.46. The second-order valence-corrected chi connectivity index (χ2v) is 8.39. The number of aromatic nitrogens is 1. The zero-order valence-corrected chi connectivity index (χ0v) is 17.1. The van der Waals surface area contributed by atoms with Crippen molar-refractivity contribution in [2.75, 3.05) is 0 Å². The van der Waals surface area contributed by atoms with Crippen LogP contribution in [0.15, 0.2) is 54.7 Å². The number of pyridine rings is 1. The van der Waals surface area contributed by atoms with E-state index in [0.29, 0.717) is 28.3 Å². The van der Waals surface area contributed by atoms with Crippen LogP contribution in [-0.4, -0.2) is 16.4 Å². The second-order valence-electron chi connectivity index (χ2n) is 7.96. The lowest BCUT2D eigenvalue weighted by Gasteiger charge is -2.33. The van der Waals surface area contributed by atoms with Crippen LogP contribution in [0.2, 0.25) is 5.02 Å². The maximum absolute atomic E-state index is 13.8. The van der Waals surface area contributed by atoms with Crippen LogP contribution in [0.25, 0.3) is 10.9 Å². The van der Waals surface area contributed by atoms with Crippen LogP contribution in [0.3, 0.4) is 0 Å². The number of para-hydroxylation sites is 1. The molecule has 0 aliphatic carbocycles. The first-order chi connectivity index (χ1) is 13.3. The fraction of sp³-hybridized carbons (Fsp3) is 0.304. The summed E-state index contributed by atoms with van der Waals surface area (Å²) < 4.78 is 13.8. The number of hydrogen-bond donors (Lipinski definition) is 1. The molecule has 1 N–H and O–H groups in total. The third kappa shape index (κ3) is 4.87. The molecule has 0 aliphatic rings. The third-order valence-corrected chi connectivity index (χ3v) is 4.92. The van der Waals surface area contributed by atoms with Gasteiger partial charge in [0.2, 0.25) is 0 Å².